The Morgan fingerprint density at radius 3 is 2.40 bits per heavy atom. The summed E-state index contributed by atoms with van der Waals surface area (Å²) in [6.45, 7) is 6.39. The third-order valence-corrected chi connectivity index (χ3v) is 3.88. The SMILES string of the molecule is CCCCC(CC)c1nnc(C(C)N)s1. The fourth-order valence-electron chi connectivity index (χ4n) is 1.55. The Labute approximate surface area is 96.1 Å². The van der Waals surface area contributed by atoms with Gasteiger partial charge in [-0.05, 0) is 19.8 Å². The van der Waals surface area contributed by atoms with Crippen LogP contribution in [0.2, 0.25) is 0 Å². The van der Waals surface area contributed by atoms with Crippen LogP contribution in [-0.2, 0) is 0 Å². The molecule has 1 heterocycles. The van der Waals surface area contributed by atoms with E-state index in [0.717, 1.165) is 11.4 Å². The van der Waals surface area contributed by atoms with E-state index < -0.39 is 0 Å². The van der Waals surface area contributed by atoms with Crippen molar-refractivity contribution in [3.63, 3.8) is 0 Å². The largest absolute Gasteiger partial charge is 0.322 e. The zero-order chi connectivity index (χ0) is 11.3. The Bertz CT molecular complexity index is 283. The Kier molecular flexibility index (Phi) is 5.19. The van der Waals surface area contributed by atoms with Gasteiger partial charge in [-0.25, -0.2) is 0 Å². The van der Waals surface area contributed by atoms with Gasteiger partial charge in [0.25, 0.3) is 0 Å². The van der Waals surface area contributed by atoms with Crippen LogP contribution in [0.15, 0.2) is 0 Å². The fourth-order valence-corrected chi connectivity index (χ4v) is 2.56. The van der Waals surface area contributed by atoms with Crippen molar-refractivity contribution < 1.29 is 0 Å². The lowest BCUT2D eigenvalue weighted by atomic mass is 10.0. The van der Waals surface area contributed by atoms with Gasteiger partial charge in [-0.2, -0.15) is 0 Å². The lowest BCUT2D eigenvalue weighted by Gasteiger charge is -2.09. The topological polar surface area (TPSA) is 51.8 Å². The van der Waals surface area contributed by atoms with Gasteiger partial charge in [0.1, 0.15) is 10.0 Å². The van der Waals surface area contributed by atoms with Crippen molar-refractivity contribution in [1.82, 2.24) is 10.2 Å². The van der Waals surface area contributed by atoms with Gasteiger partial charge >= 0.3 is 0 Å². The molecular weight excluding hydrogens is 206 g/mol. The van der Waals surface area contributed by atoms with Gasteiger partial charge < -0.3 is 5.73 Å². The first-order valence-corrected chi connectivity index (χ1v) is 6.59. The number of rotatable bonds is 6. The maximum atomic E-state index is 5.78. The molecule has 2 atom stereocenters. The molecule has 0 aliphatic heterocycles. The minimum atomic E-state index is 0.0138. The molecule has 0 fully saturated rings. The summed E-state index contributed by atoms with van der Waals surface area (Å²) in [5.41, 5.74) is 5.78. The summed E-state index contributed by atoms with van der Waals surface area (Å²) in [5, 5.41) is 10.5. The number of unbranched alkanes of at least 4 members (excludes halogenated alkanes) is 1. The third-order valence-electron chi connectivity index (χ3n) is 2.59. The Morgan fingerprint density at radius 1 is 1.27 bits per heavy atom. The molecule has 2 N–H and O–H groups in total. The number of hydrogen-bond acceptors (Lipinski definition) is 4. The molecule has 0 aliphatic rings. The van der Waals surface area contributed by atoms with Crippen LogP contribution in [0.5, 0.6) is 0 Å². The molecule has 0 bridgehead atoms. The fraction of sp³-hybridized carbons (Fsp3) is 0.818. The van der Waals surface area contributed by atoms with Crippen molar-refractivity contribution in [2.24, 2.45) is 5.73 Å². The van der Waals surface area contributed by atoms with Gasteiger partial charge in [-0.1, -0.05) is 38.0 Å². The normalized spacial score (nSPS) is 15.2. The molecule has 2 unspecified atom stereocenters. The molecule has 0 spiro atoms. The summed E-state index contributed by atoms with van der Waals surface area (Å²) < 4.78 is 0. The van der Waals surface area contributed by atoms with E-state index in [1.165, 1.54) is 24.3 Å². The Morgan fingerprint density at radius 2 is 1.93 bits per heavy atom. The summed E-state index contributed by atoms with van der Waals surface area (Å²) in [4.78, 5) is 0. The molecule has 0 saturated carbocycles. The second kappa shape index (κ2) is 6.18. The highest BCUT2D eigenvalue weighted by atomic mass is 32.1. The summed E-state index contributed by atoms with van der Waals surface area (Å²) in [7, 11) is 0. The van der Waals surface area contributed by atoms with Crippen molar-refractivity contribution in [1.29, 1.82) is 0 Å². The zero-order valence-corrected chi connectivity index (χ0v) is 10.7. The van der Waals surface area contributed by atoms with Crippen LogP contribution in [0.4, 0.5) is 0 Å². The van der Waals surface area contributed by atoms with Gasteiger partial charge in [0.2, 0.25) is 0 Å². The number of nitrogens with zero attached hydrogens (tertiary/aromatic N) is 2. The summed E-state index contributed by atoms with van der Waals surface area (Å²) in [6, 6.07) is 0.0138. The average molecular weight is 227 g/mol. The molecule has 86 valence electrons. The van der Waals surface area contributed by atoms with Crippen LogP contribution in [0.1, 0.15) is 68.4 Å². The molecule has 0 amide bonds. The molecule has 3 nitrogen and oxygen atoms in total. The second-order valence-electron chi connectivity index (χ2n) is 4.01. The molecule has 1 rings (SSSR count). The lowest BCUT2D eigenvalue weighted by molar-refractivity contribution is 0.562. The van der Waals surface area contributed by atoms with E-state index in [9.17, 15) is 0 Å². The molecule has 1 aromatic rings. The van der Waals surface area contributed by atoms with E-state index in [-0.39, 0.29) is 6.04 Å². The first-order chi connectivity index (χ1) is 7.19. The Hall–Kier alpha value is -0.480. The monoisotopic (exact) mass is 227 g/mol. The van der Waals surface area contributed by atoms with Gasteiger partial charge in [-0.15, -0.1) is 10.2 Å². The van der Waals surface area contributed by atoms with Crippen LogP contribution < -0.4 is 5.73 Å². The van der Waals surface area contributed by atoms with Gasteiger partial charge in [0.15, 0.2) is 0 Å². The van der Waals surface area contributed by atoms with E-state index in [0.29, 0.717) is 5.92 Å². The zero-order valence-electron chi connectivity index (χ0n) is 9.86. The molecule has 15 heavy (non-hydrogen) atoms. The van der Waals surface area contributed by atoms with E-state index in [1.54, 1.807) is 11.3 Å². The van der Waals surface area contributed by atoms with Crippen molar-refractivity contribution >= 4 is 11.3 Å². The summed E-state index contributed by atoms with van der Waals surface area (Å²) >= 11 is 1.68. The molecule has 0 radical (unpaired) electrons. The predicted octanol–water partition coefficient (Wildman–Crippen LogP) is 3.24. The van der Waals surface area contributed by atoms with Gasteiger partial charge in [0, 0.05) is 5.92 Å². The van der Waals surface area contributed by atoms with Gasteiger partial charge in [0.05, 0.1) is 6.04 Å². The maximum absolute atomic E-state index is 5.78. The van der Waals surface area contributed by atoms with Crippen molar-refractivity contribution in [3.8, 4) is 0 Å². The summed E-state index contributed by atoms with van der Waals surface area (Å²) in [6.07, 6.45) is 4.88. The van der Waals surface area contributed by atoms with Crippen molar-refractivity contribution in [2.75, 3.05) is 0 Å². The smallest absolute Gasteiger partial charge is 0.133 e. The van der Waals surface area contributed by atoms with Crippen molar-refractivity contribution in [2.45, 2.75) is 58.4 Å². The summed E-state index contributed by atoms with van der Waals surface area (Å²) in [5.74, 6) is 0.579. The second-order valence-corrected chi connectivity index (χ2v) is 5.06. The average Bonchev–Trinajstić information content (AvgIpc) is 2.68. The third kappa shape index (κ3) is 3.54. The van der Waals surface area contributed by atoms with Crippen LogP contribution in [0, 0.1) is 0 Å². The molecule has 4 heteroatoms. The molecular formula is C11H21N3S. The van der Waals surface area contributed by atoms with E-state index in [1.807, 2.05) is 6.92 Å². The molecule has 0 saturated heterocycles. The lowest BCUT2D eigenvalue weighted by Crippen LogP contribution is -2.03. The van der Waals surface area contributed by atoms with E-state index in [2.05, 4.69) is 24.0 Å². The highest BCUT2D eigenvalue weighted by Gasteiger charge is 2.15. The predicted molar refractivity (Wildman–Crippen MR) is 65.1 cm³/mol. The number of aromatic nitrogens is 2. The van der Waals surface area contributed by atoms with Crippen LogP contribution >= 0.6 is 11.3 Å². The van der Waals surface area contributed by atoms with Crippen LogP contribution in [0.25, 0.3) is 0 Å². The minimum absolute atomic E-state index is 0.0138. The molecule has 1 aromatic heterocycles. The van der Waals surface area contributed by atoms with E-state index >= 15 is 0 Å². The highest BCUT2D eigenvalue weighted by Crippen LogP contribution is 2.29. The first-order valence-electron chi connectivity index (χ1n) is 5.77. The molecule has 0 aliphatic carbocycles. The van der Waals surface area contributed by atoms with E-state index in [4.69, 9.17) is 5.73 Å². The first kappa shape index (κ1) is 12.6. The Balaban J connectivity index is 2.65. The van der Waals surface area contributed by atoms with Crippen LogP contribution in [0.3, 0.4) is 0 Å². The van der Waals surface area contributed by atoms with Crippen molar-refractivity contribution in [3.05, 3.63) is 10.0 Å². The van der Waals surface area contributed by atoms with Gasteiger partial charge in [-0.3, -0.25) is 0 Å². The number of hydrogen-bond donors (Lipinski definition) is 1. The standard InChI is InChI=1S/C11H21N3S/c1-4-6-7-9(5-2)11-14-13-10(15-11)8(3)12/h8-9H,4-7,12H2,1-3H3. The molecule has 0 aromatic carbocycles. The highest BCUT2D eigenvalue weighted by molar-refractivity contribution is 7.11. The maximum Gasteiger partial charge on any atom is 0.133 e. The van der Waals surface area contributed by atoms with Crippen LogP contribution in [-0.4, -0.2) is 10.2 Å². The minimum Gasteiger partial charge on any atom is -0.322 e. The quantitative estimate of drug-likeness (QED) is 0.811. The number of nitrogens with two attached hydrogens (primary N) is 1.